The summed E-state index contributed by atoms with van der Waals surface area (Å²) in [6, 6.07) is 5.23. The SMILES string of the molecule is CCOC(=O)c1cc2cc(OC)c(N)cc2[nH]1.Cl. The lowest BCUT2D eigenvalue weighted by Gasteiger charge is -2.03. The summed E-state index contributed by atoms with van der Waals surface area (Å²) in [5.74, 6) is 0.216. The topological polar surface area (TPSA) is 77.3 Å². The molecule has 2 rings (SSSR count). The Morgan fingerprint density at radius 3 is 2.72 bits per heavy atom. The van der Waals surface area contributed by atoms with Crippen LogP contribution in [0.15, 0.2) is 18.2 Å². The highest BCUT2D eigenvalue weighted by atomic mass is 35.5. The van der Waals surface area contributed by atoms with Crippen LogP contribution in [0.4, 0.5) is 5.69 Å². The first-order chi connectivity index (χ1) is 8.15. The molecule has 0 saturated heterocycles. The van der Waals surface area contributed by atoms with E-state index in [0.717, 1.165) is 10.9 Å². The number of methoxy groups -OCH3 is 1. The molecule has 3 N–H and O–H groups in total. The van der Waals surface area contributed by atoms with Gasteiger partial charge in [-0.3, -0.25) is 0 Å². The predicted molar refractivity (Wildman–Crippen MR) is 72.5 cm³/mol. The minimum atomic E-state index is -0.374. The van der Waals surface area contributed by atoms with Gasteiger partial charge in [0.05, 0.1) is 19.4 Å². The lowest BCUT2D eigenvalue weighted by atomic mass is 10.2. The Morgan fingerprint density at radius 1 is 1.39 bits per heavy atom. The molecule has 0 unspecified atom stereocenters. The normalized spacial score (nSPS) is 9.89. The highest BCUT2D eigenvalue weighted by Crippen LogP contribution is 2.28. The smallest absolute Gasteiger partial charge is 0.354 e. The number of aromatic amines is 1. The van der Waals surface area contributed by atoms with Crippen LogP contribution in [-0.4, -0.2) is 24.7 Å². The zero-order valence-electron chi connectivity index (χ0n) is 10.1. The molecule has 6 heteroatoms. The first kappa shape index (κ1) is 14.2. The Balaban J connectivity index is 0.00000162. The molecule has 0 aliphatic carbocycles. The maximum absolute atomic E-state index is 11.5. The van der Waals surface area contributed by atoms with Crippen molar-refractivity contribution >= 4 is 35.0 Å². The molecule has 0 radical (unpaired) electrons. The van der Waals surface area contributed by atoms with Crippen LogP contribution in [0, 0.1) is 0 Å². The number of benzene rings is 1. The number of ether oxygens (including phenoxy) is 2. The third-order valence-electron chi connectivity index (χ3n) is 2.47. The number of nitrogens with one attached hydrogen (secondary N) is 1. The fourth-order valence-electron chi connectivity index (χ4n) is 1.67. The summed E-state index contributed by atoms with van der Waals surface area (Å²) in [6.45, 7) is 2.11. The van der Waals surface area contributed by atoms with Crippen molar-refractivity contribution in [1.29, 1.82) is 0 Å². The number of nitrogen functional groups attached to an aromatic ring is 1. The molecule has 0 spiro atoms. The average Bonchev–Trinajstić information content (AvgIpc) is 2.71. The van der Waals surface area contributed by atoms with E-state index in [1.807, 2.05) is 0 Å². The number of carbonyl (C=O) groups is 1. The van der Waals surface area contributed by atoms with Crippen molar-refractivity contribution in [2.45, 2.75) is 6.92 Å². The van der Waals surface area contributed by atoms with Gasteiger partial charge in [-0.2, -0.15) is 0 Å². The number of halogens is 1. The van der Waals surface area contributed by atoms with Crippen LogP contribution < -0.4 is 10.5 Å². The minimum absolute atomic E-state index is 0. The van der Waals surface area contributed by atoms with Crippen LogP contribution in [-0.2, 0) is 4.74 Å². The zero-order chi connectivity index (χ0) is 12.4. The van der Waals surface area contributed by atoms with Gasteiger partial charge in [0.25, 0.3) is 0 Å². The summed E-state index contributed by atoms with van der Waals surface area (Å²) < 4.78 is 10.0. The van der Waals surface area contributed by atoms with E-state index in [1.54, 1.807) is 32.2 Å². The van der Waals surface area contributed by atoms with Crippen LogP contribution in [0.3, 0.4) is 0 Å². The highest BCUT2D eigenvalue weighted by Gasteiger charge is 2.11. The molecular formula is C12H15ClN2O3. The summed E-state index contributed by atoms with van der Waals surface area (Å²) in [4.78, 5) is 14.5. The van der Waals surface area contributed by atoms with Gasteiger partial charge in [-0.15, -0.1) is 12.4 Å². The lowest BCUT2D eigenvalue weighted by molar-refractivity contribution is 0.0520. The van der Waals surface area contributed by atoms with Crippen molar-refractivity contribution in [3.8, 4) is 5.75 Å². The van der Waals surface area contributed by atoms with Gasteiger partial charge in [-0.25, -0.2) is 4.79 Å². The number of H-pyrrole nitrogens is 1. The summed E-state index contributed by atoms with van der Waals surface area (Å²) >= 11 is 0. The fraction of sp³-hybridized carbons (Fsp3) is 0.250. The van der Waals surface area contributed by atoms with E-state index >= 15 is 0 Å². The molecule has 0 aliphatic rings. The van der Waals surface area contributed by atoms with Gasteiger partial charge in [0.2, 0.25) is 0 Å². The third-order valence-corrected chi connectivity index (χ3v) is 2.47. The molecule has 0 aliphatic heterocycles. The van der Waals surface area contributed by atoms with E-state index in [1.165, 1.54) is 0 Å². The number of aromatic nitrogens is 1. The highest BCUT2D eigenvalue weighted by molar-refractivity contribution is 5.96. The maximum atomic E-state index is 11.5. The molecule has 18 heavy (non-hydrogen) atoms. The van der Waals surface area contributed by atoms with Crippen molar-refractivity contribution in [1.82, 2.24) is 4.98 Å². The number of rotatable bonds is 3. The lowest BCUT2D eigenvalue weighted by Crippen LogP contribution is -2.04. The Labute approximate surface area is 111 Å². The summed E-state index contributed by atoms with van der Waals surface area (Å²) in [7, 11) is 1.55. The van der Waals surface area contributed by atoms with E-state index in [9.17, 15) is 4.79 Å². The number of hydrogen-bond acceptors (Lipinski definition) is 4. The molecule has 0 saturated carbocycles. The second-order valence-electron chi connectivity index (χ2n) is 3.58. The Bertz CT molecular complexity index is 566. The fourth-order valence-corrected chi connectivity index (χ4v) is 1.67. The van der Waals surface area contributed by atoms with Crippen LogP contribution >= 0.6 is 12.4 Å². The first-order valence-electron chi connectivity index (χ1n) is 5.29. The quantitative estimate of drug-likeness (QED) is 0.663. The van der Waals surface area contributed by atoms with Crippen molar-refractivity contribution < 1.29 is 14.3 Å². The Morgan fingerprint density at radius 2 is 2.11 bits per heavy atom. The number of fused-ring (bicyclic) bond motifs is 1. The standard InChI is InChI=1S/C12H14N2O3.ClH/c1-3-17-12(15)10-4-7-5-11(16-2)8(13)6-9(7)14-10;/h4-6,14H,3,13H2,1-2H3;1H. The number of esters is 1. The second-order valence-corrected chi connectivity index (χ2v) is 3.58. The molecule has 0 amide bonds. The molecule has 1 aromatic carbocycles. The van der Waals surface area contributed by atoms with E-state index in [4.69, 9.17) is 15.2 Å². The number of hydrogen-bond donors (Lipinski definition) is 2. The van der Waals surface area contributed by atoms with Crippen molar-refractivity contribution in [3.05, 3.63) is 23.9 Å². The van der Waals surface area contributed by atoms with Crippen molar-refractivity contribution in [2.24, 2.45) is 0 Å². The maximum Gasteiger partial charge on any atom is 0.354 e. The molecule has 2 aromatic rings. The van der Waals surface area contributed by atoms with Crippen molar-refractivity contribution in [3.63, 3.8) is 0 Å². The molecule has 0 atom stereocenters. The monoisotopic (exact) mass is 270 g/mol. The van der Waals surface area contributed by atoms with Gasteiger partial charge >= 0.3 is 5.97 Å². The van der Waals surface area contributed by atoms with Gasteiger partial charge in [-0.1, -0.05) is 0 Å². The average molecular weight is 271 g/mol. The zero-order valence-corrected chi connectivity index (χ0v) is 11.0. The summed E-state index contributed by atoms with van der Waals surface area (Å²) in [6.07, 6.45) is 0. The predicted octanol–water partition coefficient (Wildman–Crippen LogP) is 2.36. The van der Waals surface area contributed by atoms with Crippen molar-refractivity contribution in [2.75, 3.05) is 19.5 Å². The van der Waals surface area contributed by atoms with E-state index in [2.05, 4.69) is 4.98 Å². The second kappa shape index (κ2) is 5.64. The molecule has 98 valence electrons. The molecule has 5 nitrogen and oxygen atoms in total. The third kappa shape index (κ3) is 2.51. The molecule has 0 bridgehead atoms. The number of nitrogens with two attached hydrogens (primary N) is 1. The first-order valence-corrected chi connectivity index (χ1v) is 5.29. The summed E-state index contributed by atoms with van der Waals surface area (Å²) in [5, 5.41) is 0.860. The Hall–Kier alpha value is -1.88. The van der Waals surface area contributed by atoms with Gasteiger partial charge in [-0.05, 0) is 25.1 Å². The summed E-state index contributed by atoms with van der Waals surface area (Å²) in [5.41, 5.74) is 7.50. The van der Waals surface area contributed by atoms with E-state index in [-0.39, 0.29) is 18.4 Å². The molecular weight excluding hydrogens is 256 g/mol. The molecule has 0 fully saturated rings. The van der Waals surface area contributed by atoms with Crippen LogP contribution in [0.2, 0.25) is 0 Å². The largest absolute Gasteiger partial charge is 0.495 e. The van der Waals surface area contributed by atoms with Gasteiger partial charge in [0, 0.05) is 10.9 Å². The van der Waals surface area contributed by atoms with Crippen LogP contribution in [0.1, 0.15) is 17.4 Å². The van der Waals surface area contributed by atoms with Gasteiger partial charge in [0.1, 0.15) is 11.4 Å². The number of anilines is 1. The van der Waals surface area contributed by atoms with Gasteiger partial charge < -0.3 is 20.2 Å². The van der Waals surface area contributed by atoms with E-state index < -0.39 is 0 Å². The minimum Gasteiger partial charge on any atom is -0.495 e. The molecule has 1 aromatic heterocycles. The van der Waals surface area contributed by atoms with E-state index in [0.29, 0.717) is 23.7 Å². The number of carbonyl (C=O) groups excluding carboxylic acids is 1. The van der Waals surface area contributed by atoms with Crippen LogP contribution in [0.5, 0.6) is 5.75 Å². The van der Waals surface area contributed by atoms with Crippen LogP contribution in [0.25, 0.3) is 10.9 Å². The molecule has 1 heterocycles. The van der Waals surface area contributed by atoms with Gasteiger partial charge in [0.15, 0.2) is 0 Å². The Kier molecular flexibility index (Phi) is 4.44.